The number of nitrogens with zero attached hydrogens (tertiary/aromatic N) is 1. The first-order valence-electron chi connectivity index (χ1n) is 10.0. The van der Waals surface area contributed by atoms with Crippen LogP contribution in [0.2, 0.25) is 0 Å². The molecular formula is C23H30N2O4S. The molecule has 0 fully saturated rings. The van der Waals surface area contributed by atoms with Crippen LogP contribution in [0.1, 0.15) is 50.4 Å². The summed E-state index contributed by atoms with van der Waals surface area (Å²) in [5, 5.41) is 2.94. The van der Waals surface area contributed by atoms with E-state index in [1.807, 2.05) is 50.2 Å². The Morgan fingerprint density at radius 3 is 2.37 bits per heavy atom. The Bertz CT molecular complexity index is 1040. The van der Waals surface area contributed by atoms with Gasteiger partial charge in [-0.2, -0.15) is 0 Å². The minimum absolute atomic E-state index is 0.0636. The summed E-state index contributed by atoms with van der Waals surface area (Å²) < 4.78 is 32.2. The molecule has 2 aromatic carbocycles. The van der Waals surface area contributed by atoms with Gasteiger partial charge < -0.3 is 10.1 Å². The second-order valence-corrected chi connectivity index (χ2v) is 10.9. The molecule has 2 atom stereocenters. The van der Waals surface area contributed by atoms with E-state index in [1.165, 1.54) is 4.31 Å². The Labute approximate surface area is 179 Å². The number of rotatable bonds is 4. The topological polar surface area (TPSA) is 75.7 Å². The van der Waals surface area contributed by atoms with E-state index in [-0.39, 0.29) is 23.9 Å². The van der Waals surface area contributed by atoms with E-state index >= 15 is 0 Å². The predicted octanol–water partition coefficient (Wildman–Crippen LogP) is 3.70. The van der Waals surface area contributed by atoms with Gasteiger partial charge in [-0.25, -0.2) is 8.42 Å². The molecule has 0 bridgehead atoms. The van der Waals surface area contributed by atoms with Gasteiger partial charge >= 0.3 is 0 Å². The molecule has 2 aromatic rings. The number of sulfonamides is 1. The molecule has 1 heterocycles. The van der Waals surface area contributed by atoms with Crippen molar-refractivity contribution in [2.75, 3.05) is 17.1 Å². The second kappa shape index (κ2) is 7.95. The average molecular weight is 431 g/mol. The van der Waals surface area contributed by atoms with Gasteiger partial charge in [-0.1, -0.05) is 56.7 Å². The first-order chi connectivity index (χ1) is 13.9. The van der Waals surface area contributed by atoms with Crippen LogP contribution in [0.3, 0.4) is 0 Å². The third kappa shape index (κ3) is 4.78. The molecule has 0 aromatic heterocycles. The van der Waals surface area contributed by atoms with Gasteiger partial charge in [0.25, 0.3) is 5.91 Å². The Kier molecular flexibility index (Phi) is 5.87. The predicted molar refractivity (Wildman–Crippen MR) is 119 cm³/mol. The van der Waals surface area contributed by atoms with Crippen LogP contribution in [0.15, 0.2) is 42.5 Å². The highest BCUT2D eigenvalue weighted by molar-refractivity contribution is 7.92. The van der Waals surface area contributed by atoms with Crippen LogP contribution in [0.4, 0.5) is 5.69 Å². The molecule has 0 aliphatic carbocycles. The zero-order valence-electron chi connectivity index (χ0n) is 18.4. The molecule has 162 valence electrons. The Morgan fingerprint density at radius 1 is 1.17 bits per heavy atom. The number of amides is 1. The highest BCUT2D eigenvalue weighted by Gasteiger charge is 2.36. The highest BCUT2D eigenvalue weighted by Crippen LogP contribution is 2.38. The smallest absolute Gasteiger partial charge is 0.263 e. The summed E-state index contributed by atoms with van der Waals surface area (Å²) in [4.78, 5) is 12.9. The van der Waals surface area contributed by atoms with Crippen molar-refractivity contribution in [3.8, 4) is 5.75 Å². The summed E-state index contributed by atoms with van der Waals surface area (Å²) in [5.74, 6) is 0.0464. The van der Waals surface area contributed by atoms with Gasteiger partial charge in [-0.15, -0.1) is 0 Å². The number of hydrogen-bond acceptors (Lipinski definition) is 4. The standard InChI is InChI=1S/C23H30N2O4S/c1-15-7-9-17(10-8-15)16(2)24-22(26)21-14-25(30(6,27)28)19-13-18(23(3,4)5)11-12-20(19)29-21/h7-13,16,21H,14H2,1-6H3,(H,24,26). The van der Waals surface area contributed by atoms with Crippen molar-refractivity contribution < 1.29 is 17.9 Å². The SMILES string of the molecule is Cc1ccc(C(C)NC(=O)C2CN(S(C)(=O)=O)c3cc(C(C)(C)C)ccc3O2)cc1. The fourth-order valence-corrected chi connectivity index (χ4v) is 4.32. The molecule has 0 radical (unpaired) electrons. The molecule has 6 nitrogen and oxygen atoms in total. The molecule has 0 saturated carbocycles. The largest absolute Gasteiger partial charge is 0.476 e. The van der Waals surface area contributed by atoms with Crippen LogP contribution < -0.4 is 14.4 Å². The van der Waals surface area contributed by atoms with Crippen LogP contribution >= 0.6 is 0 Å². The molecule has 1 amide bonds. The third-order valence-electron chi connectivity index (χ3n) is 5.32. The Morgan fingerprint density at radius 2 is 1.80 bits per heavy atom. The van der Waals surface area contributed by atoms with E-state index in [4.69, 9.17) is 4.74 Å². The molecule has 7 heteroatoms. The number of carbonyl (C=O) groups is 1. The lowest BCUT2D eigenvalue weighted by Crippen LogP contribution is -2.50. The van der Waals surface area contributed by atoms with Crippen LogP contribution in [0, 0.1) is 6.92 Å². The number of ether oxygens (including phenoxy) is 1. The van der Waals surface area contributed by atoms with Crippen molar-refractivity contribution in [1.29, 1.82) is 0 Å². The zero-order valence-corrected chi connectivity index (χ0v) is 19.2. The van der Waals surface area contributed by atoms with Crippen molar-refractivity contribution in [1.82, 2.24) is 5.32 Å². The van der Waals surface area contributed by atoms with Gasteiger partial charge in [0, 0.05) is 0 Å². The maximum atomic E-state index is 12.9. The molecule has 2 unspecified atom stereocenters. The van der Waals surface area contributed by atoms with Crippen molar-refractivity contribution in [3.63, 3.8) is 0 Å². The summed E-state index contributed by atoms with van der Waals surface area (Å²) in [6.45, 7) is 10.0. The lowest BCUT2D eigenvalue weighted by molar-refractivity contribution is -0.128. The summed E-state index contributed by atoms with van der Waals surface area (Å²) in [6.07, 6.45) is 0.219. The quantitative estimate of drug-likeness (QED) is 0.803. The summed E-state index contributed by atoms with van der Waals surface area (Å²) in [7, 11) is -3.58. The summed E-state index contributed by atoms with van der Waals surface area (Å²) in [6, 6.07) is 13.2. The number of carbonyl (C=O) groups excluding carboxylic acids is 1. The van der Waals surface area contributed by atoms with E-state index < -0.39 is 16.1 Å². The number of nitrogens with one attached hydrogen (secondary N) is 1. The molecule has 1 aliphatic rings. The van der Waals surface area contributed by atoms with E-state index in [2.05, 4.69) is 26.1 Å². The van der Waals surface area contributed by atoms with Gasteiger partial charge in [0.1, 0.15) is 5.75 Å². The van der Waals surface area contributed by atoms with Gasteiger partial charge in [0.2, 0.25) is 10.0 Å². The monoisotopic (exact) mass is 430 g/mol. The van der Waals surface area contributed by atoms with E-state index in [0.717, 1.165) is 22.9 Å². The first-order valence-corrected chi connectivity index (χ1v) is 11.9. The maximum absolute atomic E-state index is 12.9. The summed E-state index contributed by atoms with van der Waals surface area (Å²) in [5.41, 5.74) is 3.44. The number of fused-ring (bicyclic) bond motifs is 1. The number of benzene rings is 2. The van der Waals surface area contributed by atoms with Crippen LogP contribution in [0.5, 0.6) is 5.75 Å². The normalized spacial score (nSPS) is 17.7. The highest BCUT2D eigenvalue weighted by atomic mass is 32.2. The van der Waals surface area contributed by atoms with Gasteiger partial charge in [-0.3, -0.25) is 9.10 Å². The Balaban J connectivity index is 1.86. The number of anilines is 1. The van der Waals surface area contributed by atoms with Gasteiger partial charge in [0.05, 0.1) is 24.5 Å². The average Bonchev–Trinajstić information content (AvgIpc) is 2.65. The molecule has 30 heavy (non-hydrogen) atoms. The summed E-state index contributed by atoms with van der Waals surface area (Å²) >= 11 is 0. The zero-order chi connectivity index (χ0) is 22.3. The fraction of sp³-hybridized carbons (Fsp3) is 0.435. The molecular weight excluding hydrogens is 400 g/mol. The Hall–Kier alpha value is -2.54. The van der Waals surface area contributed by atoms with Gasteiger partial charge in [-0.05, 0) is 42.5 Å². The van der Waals surface area contributed by atoms with E-state index in [0.29, 0.717) is 11.4 Å². The third-order valence-corrected chi connectivity index (χ3v) is 6.47. The second-order valence-electron chi connectivity index (χ2n) is 8.97. The van der Waals surface area contributed by atoms with Crippen LogP contribution in [-0.2, 0) is 20.2 Å². The van der Waals surface area contributed by atoms with Gasteiger partial charge in [0.15, 0.2) is 6.10 Å². The van der Waals surface area contributed by atoms with Crippen molar-refractivity contribution in [2.24, 2.45) is 0 Å². The fourth-order valence-electron chi connectivity index (χ4n) is 3.41. The lowest BCUT2D eigenvalue weighted by atomic mass is 9.86. The van der Waals surface area contributed by atoms with E-state index in [9.17, 15) is 13.2 Å². The molecule has 0 spiro atoms. The maximum Gasteiger partial charge on any atom is 0.263 e. The lowest BCUT2D eigenvalue weighted by Gasteiger charge is -2.35. The molecule has 1 aliphatic heterocycles. The number of aryl methyl sites for hydroxylation is 1. The molecule has 0 saturated heterocycles. The van der Waals surface area contributed by atoms with Crippen molar-refractivity contribution in [2.45, 2.75) is 52.2 Å². The molecule has 1 N–H and O–H groups in total. The van der Waals surface area contributed by atoms with E-state index in [1.54, 1.807) is 6.07 Å². The minimum Gasteiger partial charge on any atom is -0.476 e. The molecule has 3 rings (SSSR count). The number of hydrogen-bond donors (Lipinski definition) is 1. The van der Waals surface area contributed by atoms with Crippen molar-refractivity contribution >= 4 is 21.6 Å². The van der Waals surface area contributed by atoms with Crippen LogP contribution in [0.25, 0.3) is 0 Å². The van der Waals surface area contributed by atoms with Crippen LogP contribution in [-0.4, -0.2) is 33.2 Å². The van der Waals surface area contributed by atoms with Crippen molar-refractivity contribution in [3.05, 3.63) is 59.2 Å². The first kappa shape index (κ1) is 22.2. The minimum atomic E-state index is -3.58.